The van der Waals surface area contributed by atoms with Gasteiger partial charge in [0.1, 0.15) is 17.6 Å². The number of amides is 2. The minimum Gasteiger partial charge on any atom is -0.497 e. The summed E-state index contributed by atoms with van der Waals surface area (Å²) >= 11 is 0. The first kappa shape index (κ1) is 19.3. The highest BCUT2D eigenvalue weighted by molar-refractivity contribution is 5.97. The van der Waals surface area contributed by atoms with Crippen LogP contribution in [0.4, 0.5) is 0 Å². The predicted molar refractivity (Wildman–Crippen MR) is 103 cm³/mol. The summed E-state index contributed by atoms with van der Waals surface area (Å²) in [4.78, 5) is 26.7. The molecule has 146 valence electrons. The summed E-state index contributed by atoms with van der Waals surface area (Å²) in [5.41, 5.74) is 1.33. The highest BCUT2D eigenvalue weighted by Gasteiger charge is 2.35. The number of benzene rings is 1. The highest BCUT2D eigenvalue weighted by atomic mass is 16.5. The van der Waals surface area contributed by atoms with Crippen LogP contribution in [-0.2, 0) is 4.79 Å². The van der Waals surface area contributed by atoms with Gasteiger partial charge in [-0.3, -0.25) is 9.59 Å². The van der Waals surface area contributed by atoms with Gasteiger partial charge < -0.3 is 19.7 Å². The number of carbonyl (C=O) groups excluding carboxylic acids is 2. The maximum absolute atomic E-state index is 12.6. The Bertz CT molecular complexity index is 719. The summed E-state index contributed by atoms with van der Waals surface area (Å²) in [6, 6.07) is 5.25. The van der Waals surface area contributed by atoms with Gasteiger partial charge >= 0.3 is 0 Å². The molecule has 0 unspecified atom stereocenters. The Hall–Kier alpha value is -2.50. The van der Waals surface area contributed by atoms with E-state index in [1.165, 1.54) is 0 Å². The van der Waals surface area contributed by atoms with Crippen LogP contribution in [-0.4, -0.2) is 49.6 Å². The number of hydrogen-bond donors (Lipinski definition) is 1. The van der Waals surface area contributed by atoms with Gasteiger partial charge in [-0.05, 0) is 38.0 Å². The van der Waals surface area contributed by atoms with Crippen molar-refractivity contribution in [2.75, 3.05) is 26.7 Å². The Kier molecular flexibility index (Phi) is 6.04. The zero-order valence-corrected chi connectivity index (χ0v) is 16.1. The van der Waals surface area contributed by atoms with Crippen molar-refractivity contribution >= 4 is 11.8 Å². The van der Waals surface area contributed by atoms with Crippen LogP contribution in [0.15, 0.2) is 30.4 Å². The van der Waals surface area contributed by atoms with E-state index < -0.39 is 0 Å². The Morgan fingerprint density at radius 1 is 1.22 bits per heavy atom. The lowest BCUT2D eigenvalue weighted by atomic mass is 10.1. The van der Waals surface area contributed by atoms with E-state index in [2.05, 4.69) is 11.9 Å². The van der Waals surface area contributed by atoms with Gasteiger partial charge in [-0.1, -0.05) is 12.2 Å². The van der Waals surface area contributed by atoms with E-state index >= 15 is 0 Å². The van der Waals surface area contributed by atoms with Gasteiger partial charge in [0.2, 0.25) is 5.91 Å². The molecular formula is C21H28N2O4. The topological polar surface area (TPSA) is 67.9 Å². The van der Waals surface area contributed by atoms with Crippen molar-refractivity contribution in [3.63, 3.8) is 0 Å². The number of nitrogens with one attached hydrogen (secondary N) is 1. The number of ether oxygens (including phenoxy) is 2. The minimum atomic E-state index is -0.215. The smallest absolute Gasteiger partial charge is 0.255 e. The van der Waals surface area contributed by atoms with Gasteiger partial charge in [0.25, 0.3) is 5.91 Å². The van der Waals surface area contributed by atoms with Crippen molar-refractivity contribution in [3.05, 3.63) is 35.9 Å². The second-order valence-electron chi connectivity index (χ2n) is 7.42. The van der Waals surface area contributed by atoms with Crippen LogP contribution in [0, 0.1) is 5.92 Å². The van der Waals surface area contributed by atoms with Crippen molar-refractivity contribution in [2.45, 2.75) is 38.7 Å². The number of piperidine rings is 1. The molecule has 6 nitrogen and oxygen atoms in total. The normalized spacial score (nSPS) is 17.3. The zero-order chi connectivity index (χ0) is 19.4. The Morgan fingerprint density at radius 3 is 2.52 bits per heavy atom. The fourth-order valence-corrected chi connectivity index (χ4v) is 3.20. The molecule has 0 radical (unpaired) electrons. The van der Waals surface area contributed by atoms with Crippen LogP contribution in [0.3, 0.4) is 0 Å². The molecule has 1 aromatic carbocycles. The third-order valence-corrected chi connectivity index (χ3v) is 4.96. The molecular weight excluding hydrogens is 344 g/mol. The highest BCUT2D eigenvalue weighted by Crippen LogP contribution is 2.32. The summed E-state index contributed by atoms with van der Waals surface area (Å²) in [7, 11) is 1.57. The van der Waals surface area contributed by atoms with E-state index in [9.17, 15) is 9.59 Å². The fourth-order valence-electron chi connectivity index (χ4n) is 3.20. The maximum atomic E-state index is 12.6. The molecule has 1 aliphatic carbocycles. The van der Waals surface area contributed by atoms with Gasteiger partial charge in [-0.25, -0.2) is 0 Å². The van der Waals surface area contributed by atoms with Crippen LogP contribution in [0.25, 0.3) is 0 Å². The number of hydrogen-bond acceptors (Lipinski definition) is 4. The average Bonchev–Trinajstić information content (AvgIpc) is 3.51. The SMILES string of the molecule is C=C(C)CNC(=O)c1cc(OC)ccc1OC1CCN(C(=O)C2CC2)CC1. The fraction of sp³-hybridized carbons (Fsp3) is 0.524. The van der Waals surface area contributed by atoms with Gasteiger partial charge in [0.15, 0.2) is 0 Å². The molecule has 6 heteroatoms. The van der Waals surface area contributed by atoms with E-state index in [1.807, 2.05) is 11.8 Å². The molecule has 1 aromatic rings. The molecule has 2 aliphatic rings. The molecule has 0 aromatic heterocycles. The Labute approximate surface area is 160 Å². The van der Waals surface area contributed by atoms with Gasteiger partial charge in [0, 0.05) is 38.4 Å². The first-order valence-electron chi connectivity index (χ1n) is 9.54. The second-order valence-corrected chi connectivity index (χ2v) is 7.42. The number of nitrogens with zero attached hydrogens (tertiary/aromatic N) is 1. The lowest BCUT2D eigenvalue weighted by Gasteiger charge is -2.32. The molecule has 0 spiro atoms. The van der Waals surface area contributed by atoms with E-state index in [1.54, 1.807) is 25.3 Å². The minimum absolute atomic E-state index is 0.00524. The molecule has 27 heavy (non-hydrogen) atoms. The molecule has 0 atom stereocenters. The van der Waals surface area contributed by atoms with Crippen molar-refractivity contribution in [2.24, 2.45) is 5.92 Å². The summed E-state index contributed by atoms with van der Waals surface area (Å²) in [5, 5.41) is 2.84. The van der Waals surface area contributed by atoms with Crippen molar-refractivity contribution in [1.29, 1.82) is 0 Å². The first-order valence-corrected chi connectivity index (χ1v) is 9.54. The molecule has 1 heterocycles. The standard InChI is InChI=1S/C21H28N2O4/c1-14(2)13-22-20(24)18-12-17(26-3)6-7-19(18)27-16-8-10-23(11-9-16)21(25)15-4-5-15/h6-7,12,15-16H,1,4-5,8-11,13H2,2-3H3,(H,22,24). The Morgan fingerprint density at radius 2 is 1.93 bits per heavy atom. The van der Waals surface area contributed by atoms with Gasteiger partial charge in [-0.15, -0.1) is 0 Å². The molecule has 1 saturated carbocycles. The molecule has 0 bridgehead atoms. The summed E-state index contributed by atoms with van der Waals surface area (Å²) in [6.45, 7) is 7.51. The second kappa shape index (κ2) is 8.46. The largest absolute Gasteiger partial charge is 0.497 e. The van der Waals surface area contributed by atoms with Crippen LogP contribution in [0.5, 0.6) is 11.5 Å². The monoisotopic (exact) mass is 372 g/mol. The third kappa shape index (κ3) is 5.02. The van der Waals surface area contributed by atoms with Crippen LogP contribution in [0.1, 0.15) is 43.0 Å². The lowest BCUT2D eigenvalue weighted by molar-refractivity contribution is -0.134. The van der Waals surface area contributed by atoms with Crippen molar-refractivity contribution in [1.82, 2.24) is 10.2 Å². The van der Waals surface area contributed by atoms with Crippen LogP contribution >= 0.6 is 0 Å². The lowest BCUT2D eigenvalue weighted by Crippen LogP contribution is -2.42. The number of likely N-dealkylation sites (tertiary alicyclic amines) is 1. The summed E-state index contributed by atoms with van der Waals surface area (Å²) < 4.78 is 11.4. The van der Waals surface area contributed by atoms with E-state index in [0.29, 0.717) is 36.7 Å². The maximum Gasteiger partial charge on any atom is 0.255 e. The molecule has 1 aliphatic heterocycles. The Balaban J connectivity index is 1.64. The summed E-state index contributed by atoms with van der Waals surface area (Å²) in [5.74, 6) is 1.48. The molecule has 1 N–H and O–H groups in total. The van der Waals surface area contributed by atoms with Gasteiger partial charge in [0.05, 0.1) is 12.7 Å². The predicted octanol–water partition coefficient (Wildman–Crippen LogP) is 2.78. The number of rotatable bonds is 7. The summed E-state index contributed by atoms with van der Waals surface area (Å²) in [6.07, 6.45) is 3.61. The van der Waals surface area contributed by atoms with Crippen LogP contribution < -0.4 is 14.8 Å². The van der Waals surface area contributed by atoms with E-state index in [4.69, 9.17) is 9.47 Å². The average molecular weight is 372 g/mol. The van der Waals surface area contributed by atoms with Crippen molar-refractivity contribution in [3.8, 4) is 11.5 Å². The van der Waals surface area contributed by atoms with E-state index in [0.717, 1.165) is 31.3 Å². The number of methoxy groups -OCH3 is 1. The molecule has 3 rings (SSSR count). The molecule has 1 saturated heterocycles. The van der Waals surface area contributed by atoms with Crippen LogP contribution in [0.2, 0.25) is 0 Å². The third-order valence-electron chi connectivity index (χ3n) is 4.96. The van der Waals surface area contributed by atoms with Crippen molar-refractivity contribution < 1.29 is 19.1 Å². The quantitative estimate of drug-likeness (QED) is 0.748. The van der Waals surface area contributed by atoms with E-state index in [-0.39, 0.29) is 23.8 Å². The first-order chi connectivity index (χ1) is 13.0. The molecule has 2 amide bonds. The number of carbonyl (C=O) groups is 2. The molecule has 2 fully saturated rings. The zero-order valence-electron chi connectivity index (χ0n) is 16.1. The van der Waals surface area contributed by atoms with Gasteiger partial charge in [-0.2, -0.15) is 0 Å².